The van der Waals surface area contributed by atoms with E-state index in [-0.39, 0.29) is 0 Å². The molecule has 0 unspecified atom stereocenters. The third-order valence-corrected chi connectivity index (χ3v) is 11.7. The Kier molecular flexibility index (Phi) is 7.20. The fourth-order valence-corrected chi connectivity index (χ4v) is 8.93. The highest BCUT2D eigenvalue weighted by atomic mass is 15.1. The van der Waals surface area contributed by atoms with Gasteiger partial charge in [0, 0.05) is 38.2 Å². The maximum absolute atomic E-state index is 5.55. The van der Waals surface area contributed by atoms with E-state index in [9.17, 15) is 0 Å². The van der Waals surface area contributed by atoms with Gasteiger partial charge in [-0.15, -0.1) is 0 Å². The predicted octanol–water partition coefficient (Wildman–Crippen LogP) is 14.0. The summed E-state index contributed by atoms with van der Waals surface area (Å²) in [6.45, 7) is 0. The van der Waals surface area contributed by atoms with Gasteiger partial charge >= 0.3 is 0 Å². The van der Waals surface area contributed by atoms with E-state index in [0.717, 1.165) is 61.2 Å². The summed E-state index contributed by atoms with van der Waals surface area (Å²) in [5.74, 6) is 1.54. The molecule has 0 aliphatic rings. The lowest BCUT2D eigenvalue weighted by molar-refractivity contribution is 1.08. The van der Waals surface area contributed by atoms with Crippen LogP contribution in [0.15, 0.2) is 206 Å². The Hall–Kier alpha value is -7.82. The van der Waals surface area contributed by atoms with Gasteiger partial charge in [0.1, 0.15) is 5.82 Å². The molecule has 0 radical (unpaired) electrons. The zero-order valence-corrected chi connectivity index (χ0v) is 31.4. The number of benzene rings is 9. The molecule has 0 aliphatic carbocycles. The highest BCUT2D eigenvalue weighted by Crippen LogP contribution is 2.39. The molecule has 0 aliphatic heterocycles. The molecule has 12 rings (SSSR count). The van der Waals surface area contributed by atoms with Crippen molar-refractivity contribution in [2.75, 3.05) is 0 Å². The molecule has 58 heavy (non-hydrogen) atoms. The number of para-hydroxylation sites is 2. The van der Waals surface area contributed by atoms with Crippen LogP contribution in [0.2, 0.25) is 0 Å². The van der Waals surface area contributed by atoms with Crippen LogP contribution >= 0.6 is 0 Å². The Morgan fingerprint density at radius 3 is 1.55 bits per heavy atom. The lowest BCUT2D eigenvalue weighted by Crippen LogP contribution is -2.03. The molecule has 3 aromatic heterocycles. The molecule has 270 valence electrons. The van der Waals surface area contributed by atoms with E-state index in [1.54, 1.807) is 0 Å². The van der Waals surface area contributed by atoms with Crippen molar-refractivity contribution in [1.82, 2.24) is 19.1 Å². The summed E-state index contributed by atoms with van der Waals surface area (Å²) in [5, 5.41) is 8.20. The van der Waals surface area contributed by atoms with Gasteiger partial charge in [-0.3, -0.25) is 4.57 Å². The zero-order valence-electron chi connectivity index (χ0n) is 31.4. The fraction of sp³-hybridized carbons (Fsp3) is 0. The number of fused-ring (bicyclic) bond motifs is 8. The van der Waals surface area contributed by atoms with Crippen LogP contribution in [0.4, 0.5) is 0 Å². The third-order valence-electron chi connectivity index (χ3n) is 11.7. The first-order valence-electron chi connectivity index (χ1n) is 19.7. The average Bonchev–Trinajstić information content (AvgIpc) is 3.80. The Balaban J connectivity index is 1.12. The molecular weight excluding hydrogens is 705 g/mol. The van der Waals surface area contributed by atoms with E-state index in [1.807, 2.05) is 0 Å². The van der Waals surface area contributed by atoms with Crippen molar-refractivity contribution in [3.63, 3.8) is 0 Å². The Morgan fingerprint density at radius 1 is 0.293 bits per heavy atom. The van der Waals surface area contributed by atoms with Crippen molar-refractivity contribution < 1.29 is 0 Å². The molecule has 0 bridgehead atoms. The number of aromatic nitrogens is 4. The van der Waals surface area contributed by atoms with Crippen LogP contribution in [0, 0.1) is 0 Å². The van der Waals surface area contributed by atoms with Crippen LogP contribution < -0.4 is 0 Å². The molecule has 0 amide bonds. The molecular formula is C54H34N4. The van der Waals surface area contributed by atoms with Gasteiger partial charge in [-0.25, -0.2) is 9.97 Å². The first kappa shape index (κ1) is 32.4. The highest BCUT2D eigenvalue weighted by molar-refractivity contribution is 6.14. The summed E-state index contributed by atoms with van der Waals surface area (Å²) in [4.78, 5) is 10.9. The monoisotopic (exact) mass is 738 g/mol. The fourth-order valence-electron chi connectivity index (χ4n) is 8.93. The molecule has 0 fully saturated rings. The van der Waals surface area contributed by atoms with E-state index in [2.05, 4.69) is 215 Å². The van der Waals surface area contributed by atoms with Gasteiger partial charge in [0.25, 0.3) is 0 Å². The summed E-state index contributed by atoms with van der Waals surface area (Å²) in [5.41, 5.74) is 12.1. The maximum Gasteiger partial charge on any atom is 0.162 e. The summed E-state index contributed by atoms with van der Waals surface area (Å²) in [7, 11) is 0. The lowest BCUT2D eigenvalue weighted by Gasteiger charge is -2.14. The minimum atomic E-state index is 0.678. The van der Waals surface area contributed by atoms with Gasteiger partial charge in [-0.05, 0) is 87.6 Å². The van der Waals surface area contributed by atoms with E-state index >= 15 is 0 Å². The topological polar surface area (TPSA) is 35.6 Å². The number of hydrogen-bond acceptors (Lipinski definition) is 2. The molecule has 0 saturated carbocycles. The zero-order chi connectivity index (χ0) is 38.2. The molecule has 3 heterocycles. The van der Waals surface area contributed by atoms with Crippen molar-refractivity contribution in [3.8, 4) is 45.1 Å². The first-order valence-corrected chi connectivity index (χ1v) is 19.7. The largest absolute Gasteiger partial charge is 0.309 e. The second-order valence-electron chi connectivity index (χ2n) is 15.0. The second kappa shape index (κ2) is 12.9. The normalized spacial score (nSPS) is 11.8. The Bertz CT molecular complexity index is 3540. The van der Waals surface area contributed by atoms with Crippen molar-refractivity contribution >= 4 is 65.3 Å². The van der Waals surface area contributed by atoms with E-state index in [0.29, 0.717) is 5.82 Å². The van der Waals surface area contributed by atoms with Crippen LogP contribution in [0.1, 0.15) is 0 Å². The van der Waals surface area contributed by atoms with Crippen molar-refractivity contribution in [1.29, 1.82) is 0 Å². The van der Waals surface area contributed by atoms with Gasteiger partial charge < -0.3 is 4.57 Å². The maximum atomic E-state index is 5.55. The van der Waals surface area contributed by atoms with E-state index in [4.69, 9.17) is 9.97 Å². The first-order chi connectivity index (χ1) is 28.7. The minimum Gasteiger partial charge on any atom is -0.309 e. The van der Waals surface area contributed by atoms with Crippen LogP contribution in [-0.4, -0.2) is 19.1 Å². The molecule has 0 saturated heterocycles. The van der Waals surface area contributed by atoms with Crippen molar-refractivity contribution in [2.24, 2.45) is 0 Å². The number of hydrogen-bond donors (Lipinski definition) is 0. The number of nitrogens with zero attached hydrogens (tertiary/aromatic N) is 4. The SMILES string of the molecule is c1ccc(-c2ccc(-n3c4ccccc4c4ccc(-c5nc(-n6c7ccccc7c7cc8ccccc8cc76)c6ccc(-c7ccccc7)cc6n5)cc43)cc2)cc1. The van der Waals surface area contributed by atoms with Crippen LogP contribution in [0.3, 0.4) is 0 Å². The van der Waals surface area contributed by atoms with Crippen molar-refractivity contribution in [3.05, 3.63) is 206 Å². The molecule has 0 atom stereocenters. The van der Waals surface area contributed by atoms with Gasteiger partial charge in [0.15, 0.2) is 5.82 Å². The van der Waals surface area contributed by atoms with Crippen molar-refractivity contribution in [2.45, 2.75) is 0 Å². The van der Waals surface area contributed by atoms with Crippen LogP contribution in [0.5, 0.6) is 0 Å². The minimum absolute atomic E-state index is 0.678. The van der Waals surface area contributed by atoms with E-state index in [1.165, 1.54) is 43.4 Å². The Morgan fingerprint density at radius 2 is 0.810 bits per heavy atom. The quantitative estimate of drug-likeness (QED) is 0.176. The lowest BCUT2D eigenvalue weighted by atomic mass is 10.0. The standard InChI is InChI=1S/C54H34N4/c1-3-13-35(14-4-1)37-23-27-42(28-24-37)57-49-21-11-9-19-43(49)45-29-26-41(34-51(45)57)53-55-48-32-40(36-15-5-2-6-16-36)25-30-46(48)54(56-53)58-50-22-12-10-20-44(50)47-31-38-17-7-8-18-39(38)33-52(47)58/h1-34H. The molecule has 9 aromatic carbocycles. The predicted molar refractivity (Wildman–Crippen MR) is 242 cm³/mol. The number of rotatable bonds is 5. The summed E-state index contributed by atoms with van der Waals surface area (Å²) in [6.07, 6.45) is 0. The van der Waals surface area contributed by atoms with Gasteiger partial charge in [0.05, 0.1) is 27.6 Å². The second-order valence-corrected chi connectivity index (χ2v) is 15.0. The smallest absolute Gasteiger partial charge is 0.162 e. The highest BCUT2D eigenvalue weighted by Gasteiger charge is 2.20. The molecule has 0 N–H and O–H groups in total. The molecule has 4 nitrogen and oxygen atoms in total. The summed E-state index contributed by atoms with van der Waals surface area (Å²) >= 11 is 0. The average molecular weight is 739 g/mol. The van der Waals surface area contributed by atoms with Gasteiger partial charge in [-0.2, -0.15) is 0 Å². The summed E-state index contributed by atoms with van der Waals surface area (Å²) in [6, 6.07) is 73.8. The molecule has 4 heteroatoms. The Labute approximate surface area is 334 Å². The van der Waals surface area contributed by atoms with Crippen LogP contribution in [-0.2, 0) is 0 Å². The molecule has 0 spiro atoms. The third kappa shape index (κ3) is 5.09. The van der Waals surface area contributed by atoms with Gasteiger partial charge in [-0.1, -0.05) is 152 Å². The summed E-state index contributed by atoms with van der Waals surface area (Å²) < 4.78 is 4.72. The van der Waals surface area contributed by atoms with Crippen LogP contribution in [0.25, 0.3) is 110 Å². The van der Waals surface area contributed by atoms with Gasteiger partial charge in [0.2, 0.25) is 0 Å². The molecule has 12 aromatic rings. The van der Waals surface area contributed by atoms with E-state index < -0.39 is 0 Å².